The van der Waals surface area contributed by atoms with Crippen molar-refractivity contribution in [2.45, 2.75) is 12.8 Å². The molecule has 4 nitrogen and oxygen atoms in total. The zero-order chi connectivity index (χ0) is 21.7. The third-order valence-electron chi connectivity index (χ3n) is 6.04. The summed E-state index contributed by atoms with van der Waals surface area (Å²) in [5.74, 6) is 1.92. The second-order valence-corrected chi connectivity index (χ2v) is 7.88. The van der Waals surface area contributed by atoms with Gasteiger partial charge in [0.05, 0.1) is 11.2 Å². The van der Waals surface area contributed by atoms with E-state index in [0.29, 0.717) is 11.8 Å². The second kappa shape index (κ2) is 7.20. The smallest absolute Gasteiger partial charge is 0.237 e. The molecule has 0 radical (unpaired) electrons. The Morgan fingerprint density at radius 1 is 1.03 bits per heavy atom. The van der Waals surface area contributed by atoms with Gasteiger partial charge >= 0.3 is 0 Å². The highest BCUT2D eigenvalue weighted by Gasteiger charge is 2.24. The van der Waals surface area contributed by atoms with Crippen molar-refractivity contribution in [3.63, 3.8) is 0 Å². The van der Waals surface area contributed by atoms with Crippen LogP contribution in [0.1, 0.15) is 29.7 Å². The van der Waals surface area contributed by atoms with Gasteiger partial charge in [-0.2, -0.15) is 4.99 Å². The number of rotatable bonds is 2. The highest BCUT2D eigenvalue weighted by atomic mass is 16.5. The molecule has 0 spiro atoms. The SMILES string of the molecule is C=Cc1c(/C=C\C)n(C2=NC3=CC(C=N2)c2cccc4cccc(c24)O3)c2ccccc12. The number of para-hydroxylation sites is 1. The maximum atomic E-state index is 6.32. The van der Waals surface area contributed by atoms with E-state index >= 15 is 0 Å². The minimum Gasteiger partial charge on any atom is -0.439 e. The molecule has 3 aromatic carbocycles. The van der Waals surface area contributed by atoms with Crippen molar-refractivity contribution >= 4 is 46.0 Å². The van der Waals surface area contributed by atoms with Crippen molar-refractivity contribution in [3.8, 4) is 5.75 Å². The number of aliphatic imine (C=N–C) groups is 2. The summed E-state index contributed by atoms with van der Waals surface area (Å²) in [4.78, 5) is 9.76. The van der Waals surface area contributed by atoms with E-state index in [4.69, 9.17) is 14.7 Å². The lowest BCUT2D eigenvalue weighted by atomic mass is 9.94. The van der Waals surface area contributed by atoms with Crippen LogP contribution >= 0.6 is 0 Å². The molecule has 0 saturated carbocycles. The van der Waals surface area contributed by atoms with Crippen LogP contribution in [0.2, 0.25) is 0 Å². The predicted molar refractivity (Wildman–Crippen MR) is 133 cm³/mol. The summed E-state index contributed by atoms with van der Waals surface area (Å²) < 4.78 is 8.40. The number of benzene rings is 3. The monoisotopic (exact) mass is 415 g/mol. The largest absolute Gasteiger partial charge is 0.439 e. The Balaban J connectivity index is 1.59. The van der Waals surface area contributed by atoms with Crippen molar-refractivity contribution in [3.05, 3.63) is 102 Å². The third kappa shape index (κ3) is 2.70. The van der Waals surface area contributed by atoms with Crippen LogP contribution in [0.25, 0.3) is 33.8 Å². The van der Waals surface area contributed by atoms with Gasteiger partial charge in [-0.15, -0.1) is 0 Å². The Hall–Kier alpha value is -4.18. The first-order chi connectivity index (χ1) is 15.8. The van der Waals surface area contributed by atoms with Crippen LogP contribution in [0, 0.1) is 0 Å². The summed E-state index contributed by atoms with van der Waals surface area (Å²) >= 11 is 0. The van der Waals surface area contributed by atoms with Gasteiger partial charge < -0.3 is 4.74 Å². The van der Waals surface area contributed by atoms with Crippen LogP contribution in [0.3, 0.4) is 0 Å². The van der Waals surface area contributed by atoms with Gasteiger partial charge in [-0.25, -0.2) is 4.99 Å². The van der Waals surface area contributed by atoms with Crippen molar-refractivity contribution in [1.29, 1.82) is 0 Å². The van der Waals surface area contributed by atoms with Gasteiger partial charge in [0.2, 0.25) is 11.8 Å². The topological polar surface area (TPSA) is 38.9 Å². The van der Waals surface area contributed by atoms with Crippen molar-refractivity contribution < 1.29 is 4.74 Å². The standard InChI is InChI=1S/C28H21N3O/c1-3-9-23-20(4-2)22-12-5-6-14-24(22)31(23)28-29-17-19-16-26(30-28)32-25-15-8-11-18-10-7-13-21(19)27(18)25/h3-17,19H,2H2,1H3/b9-3-. The van der Waals surface area contributed by atoms with E-state index in [0.717, 1.165) is 38.7 Å². The Kier molecular flexibility index (Phi) is 4.18. The molecule has 2 aliphatic rings. The molecule has 1 aromatic heterocycles. The zero-order valence-corrected chi connectivity index (χ0v) is 17.7. The Morgan fingerprint density at radius 2 is 1.88 bits per heavy atom. The molecule has 6 rings (SSSR count). The molecular weight excluding hydrogens is 394 g/mol. The van der Waals surface area contributed by atoms with Crippen LogP contribution in [0.5, 0.6) is 5.75 Å². The minimum atomic E-state index is -0.0236. The molecule has 1 unspecified atom stereocenters. The van der Waals surface area contributed by atoms with E-state index in [1.807, 2.05) is 55.6 Å². The normalized spacial score (nSPS) is 17.1. The number of fused-ring (bicyclic) bond motifs is 3. The Labute approximate surface area is 186 Å². The Bertz CT molecular complexity index is 1530. The molecule has 1 atom stereocenters. The summed E-state index contributed by atoms with van der Waals surface area (Å²) in [6, 6.07) is 20.7. The molecule has 32 heavy (non-hydrogen) atoms. The molecule has 0 N–H and O–H groups in total. The minimum absolute atomic E-state index is 0.0236. The van der Waals surface area contributed by atoms with Gasteiger partial charge in [-0.3, -0.25) is 4.57 Å². The van der Waals surface area contributed by atoms with Gasteiger partial charge in [0.25, 0.3) is 0 Å². The number of hydrogen-bond acceptors (Lipinski definition) is 3. The van der Waals surface area contributed by atoms with Gasteiger partial charge in [0.15, 0.2) is 0 Å². The average molecular weight is 415 g/mol. The lowest BCUT2D eigenvalue weighted by Crippen LogP contribution is -2.13. The molecule has 0 saturated heterocycles. The van der Waals surface area contributed by atoms with E-state index in [1.54, 1.807) is 0 Å². The van der Waals surface area contributed by atoms with Crippen molar-refractivity contribution in [2.24, 2.45) is 9.98 Å². The van der Waals surface area contributed by atoms with Crippen LogP contribution in [0.4, 0.5) is 0 Å². The first kappa shape index (κ1) is 18.6. The molecule has 4 aromatic rings. The fourth-order valence-electron chi connectivity index (χ4n) is 4.69. The predicted octanol–water partition coefficient (Wildman–Crippen LogP) is 6.78. The highest BCUT2D eigenvalue weighted by molar-refractivity contribution is 6.06. The number of nitrogens with zero attached hydrogens (tertiary/aromatic N) is 3. The summed E-state index contributed by atoms with van der Waals surface area (Å²) in [5.41, 5.74) is 4.26. The number of ether oxygens (including phenoxy) is 1. The van der Waals surface area contributed by atoms with E-state index in [2.05, 4.69) is 53.6 Å². The van der Waals surface area contributed by atoms with Crippen molar-refractivity contribution in [1.82, 2.24) is 4.57 Å². The van der Waals surface area contributed by atoms with E-state index in [9.17, 15) is 0 Å². The van der Waals surface area contributed by atoms with E-state index in [1.165, 1.54) is 5.56 Å². The summed E-state index contributed by atoms with van der Waals surface area (Å²) in [6.07, 6.45) is 10.00. The molecule has 0 amide bonds. The number of aromatic nitrogens is 1. The van der Waals surface area contributed by atoms with E-state index < -0.39 is 0 Å². The second-order valence-electron chi connectivity index (χ2n) is 7.88. The van der Waals surface area contributed by atoms with Gasteiger partial charge in [0.1, 0.15) is 5.75 Å². The maximum absolute atomic E-state index is 6.32. The first-order valence-corrected chi connectivity index (χ1v) is 10.7. The number of allylic oxidation sites excluding steroid dienone is 2. The summed E-state index contributed by atoms with van der Waals surface area (Å²) in [5, 5.41) is 3.38. The first-order valence-electron chi connectivity index (χ1n) is 10.7. The average Bonchev–Trinajstić information content (AvgIpc) is 2.92. The van der Waals surface area contributed by atoms with Crippen molar-refractivity contribution in [2.75, 3.05) is 0 Å². The highest BCUT2D eigenvalue weighted by Crippen LogP contribution is 2.38. The quantitative estimate of drug-likeness (QED) is 0.356. The van der Waals surface area contributed by atoms with Crippen LogP contribution in [-0.4, -0.2) is 16.7 Å². The molecular formula is C28H21N3O. The molecule has 154 valence electrons. The lowest BCUT2D eigenvalue weighted by Gasteiger charge is -2.13. The molecule has 0 aliphatic carbocycles. The molecule has 2 bridgehead atoms. The Morgan fingerprint density at radius 3 is 2.72 bits per heavy atom. The summed E-state index contributed by atoms with van der Waals surface area (Å²) in [6.45, 7) is 6.06. The maximum Gasteiger partial charge on any atom is 0.237 e. The molecule has 0 fully saturated rings. The van der Waals surface area contributed by atoms with Crippen LogP contribution < -0.4 is 4.74 Å². The summed E-state index contributed by atoms with van der Waals surface area (Å²) in [7, 11) is 0. The van der Waals surface area contributed by atoms with Gasteiger partial charge in [-0.1, -0.05) is 67.3 Å². The van der Waals surface area contributed by atoms with Gasteiger partial charge in [0, 0.05) is 28.5 Å². The van der Waals surface area contributed by atoms with Crippen LogP contribution in [0.15, 0.2) is 95.3 Å². The van der Waals surface area contributed by atoms with Gasteiger partial charge in [-0.05, 0) is 42.2 Å². The molecule has 4 heteroatoms. The molecule has 2 aliphatic heterocycles. The fourth-order valence-corrected chi connectivity index (χ4v) is 4.69. The fraction of sp³-hybridized carbons (Fsp3) is 0.0714. The van der Waals surface area contributed by atoms with E-state index in [-0.39, 0.29) is 5.92 Å². The molecule has 3 heterocycles. The van der Waals surface area contributed by atoms with Crippen LogP contribution in [-0.2, 0) is 0 Å². The lowest BCUT2D eigenvalue weighted by molar-refractivity contribution is 0.425. The zero-order valence-electron chi connectivity index (χ0n) is 17.7. The number of hydrogen-bond donors (Lipinski definition) is 0. The third-order valence-corrected chi connectivity index (χ3v) is 6.04.